The number of aromatic nitrogens is 6. The molecular formula is C26H30N8O. The van der Waals surface area contributed by atoms with Crippen molar-refractivity contribution < 1.29 is 5.11 Å². The van der Waals surface area contributed by atoms with Gasteiger partial charge < -0.3 is 14.6 Å². The van der Waals surface area contributed by atoms with Crippen molar-refractivity contribution in [2.45, 2.75) is 26.4 Å². The van der Waals surface area contributed by atoms with E-state index in [-0.39, 0.29) is 6.61 Å². The summed E-state index contributed by atoms with van der Waals surface area (Å²) in [6.07, 6.45) is 0.762. The van der Waals surface area contributed by atoms with Gasteiger partial charge in [-0.25, -0.2) is 10.1 Å². The number of aromatic amines is 1. The summed E-state index contributed by atoms with van der Waals surface area (Å²) >= 11 is 0. The zero-order valence-corrected chi connectivity index (χ0v) is 20.1. The van der Waals surface area contributed by atoms with Crippen molar-refractivity contribution in [2.75, 3.05) is 31.8 Å². The number of hydrogen-bond acceptors (Lipinski definition) is 7. The summed E-state index contributed by atoms with van der Waals surface area (Å²) in [4.78, 5) is 9.46. The van der Waals surface area contributed by atoms with Crippen molar-refractivity contribution in [3.63, 3.8) is 0 Å². The zero-order valence-electron chi connectivity index (χ0n) is 20.1. The highest BCUT2D eigenvalue weighted by molar-refractivity contribution is 5.80. The van der Waals surface area contributed by atoms with E-state index >= 15 is 0 Å². The van der Waals surface area contributed by atoms with E-state index in [1.54, 1.807) is 0 Å². The minimum Gasteiger partial charge on any atom is -0.396 e. The Kier molecular flexibility index (Phi) is 6.43. The average molecular weight is 471 g/mol. The second-order valence-electron chi connectivity index (χ2n) is 9.03. The molecule has 1 aliphatic heterocycles. The molecule has 2 aromatic carbocycles. The quantitative estimate of drug-likeness (QED) is 0.407. The van der Waals surface area contributed by atoms with Crippen molar-refractivity contribution in [1.29, 1.82) is 0 Å². The Balaban J connectivity index is 1.45. The van der Waals surface area contributed by atoms with Gasteiger partial charge in [-0.05, 0) is 46.0 Å². The molecule has 2 aromatic heterocycles. The third-order valence-electron chi connectivity index (χ3n) is 6.35. The van der Waals surface area contributed by atoms with E-state index in [4.69, 9.17) is 4.98 Å². The maximum absolute atomic E-state index is 9.28. The van der Waals surface area contributed by atoms with Crippen molar-refractivity contribution in [1.82, 2.24) is 35.1 Å². The first-order valence-electron chi connectivity index (χ1n) is 11.8. The van der Waals surface area contributed by atoms with Crippen LogP contribution in [0.5, 0.6) is 0 Å². The van der Waals surface area contributed by atoms with E-state index in [1.165, 1.54) is 11.3 Å². The fraction of sp³-hybridized carbons (Fsp3) is 0.308. The minimum absolute atomic E-state index is 0.200. The number of hydrogen-bond donors (Lipinski definition) is 2. The Morgan fingerprint density at radius 1 is 1.11 bits per heavy atom. The highest BCUT2D eigenvalue weighted by Crippen LogP contribution is 2.32. The van der Waals surface area contributed by atoms with Crippen molar-refractivity contribution in [3.8, 4) is 22.5 Å². The first-order chi connectivity index (χ1) is 17.0. The topological polar surface area (TPSA) is 99.0 Å². The summed E-state index contributed by atoms with van der Waals surface area (Å²) in [5, 5.41) is 23.7. The highest BCUT2D eigenvalue weighted by Gasteiger charge is 2.27. The van der Waals surface area contributed by atoms with Crippen molar-refractivity contribution >= 4 is 11.4 Å². The van der Waals surface area contributed by atoms with Gasteiger partial charge >= 0.3 is 0 Å². The summed E-state index contributed by atoms with van der Waals surface area (Å²) in [6.45, 7) is 9.55. The number of aliphatic hydroxyl groups is 1. The largest absolute Gasteiger partial charge is 0.396 e. The Morgan fingerprint density at radius 2 is 1.89 bits per heavy atom. The third kappa shape index (κ3) is 4.60. The molecule has 9 nitrogen and oxygen atoms in total. The lowest BCUT2D eigenvalue weighted by Gasteiger charge is -2.34. The first kappa shape index (κ1) is 22.9. The lowest BCUT2D eigenvalue weighted by molar-refractivity contribution is 0.210. The number of fused-ring (bicyclic) bond motifs is 1. The van der Waals surface area contributed by atoms with Crippen LogP contribution in [-0.4, -0.2) is 67.0 Å². The van der Waals surface area contributed by atoms with Crippen LogP contribution in [0.2, 0.25) is 0 Å². The molecule has 9 heteroatoms. The van der Waals surface area contributed by atoms with Crippen LogP contribution in [-0.2, 0) is 13.1 Å². The number of tetrazole rings is 1. The van der Waals surface area contributed by atoms with E-state index < -0.39 is 0 Å². The van der Waals surface area contributed by atoms with Gasteiger partial charge in [-0.1, -0.05) is 55.1 Å². The SMILES string of the molecule is C=C(C)c1nc2c(n1Cc1ccc(-c3ccccc3-c3nnn[nH]3)cc1)CN(CCCO)CN2C. The van der Waals surface area contributed by atoms with Gasteiger partial charge in [0.2, 0.25) is 0 Å². The summed E-state index contributed by atoms with van der Waals surface area (Å²) in [5.41, 5.74) is 6.45. The summed E-state index contributed by atoms with van der Waals surface area (Å²) in [6, 6.07) is 16.7. The predicted molar refractivity (Wildman–Crippen MR) is 136 cm³/mol. The molecule has 35 heavy (non-hydrogen) atoms. The molecule has 3 heterocycles. The van der Waals surface area contributed by atoms with Crippen molar-refractivity contribution in [3.05, 3.63) is 72.2 Å². The predicted octanol–water partition coefficient (Wildman–Crippen LogP) is 3.40. The van der Waals surface area contributed by atoms with E-state index in [1.807, 2.05) is 25.1 Å². The molecule has 0 bridgehead atoms. The van der Waals surface area contributed by atoms with E-state index in [0.717, 1.165) is 60.1 Å². The number of imidazole rings is 1. The number of nitrogens with zero attached hydrogens (tertiary/aromatic N) is 7. The highest BCUT2D eigenvalue weighted by atomic mass is 16.3. The number of aliphatic hydroxyl groups excluding tert-OH is 1. The minimum atomic E-state index is 0.200. The Bertz CT molecular complexity index is 1310. The smallest absolute Gasteiger partial charge is 0.180 e. The normalized spacial score (nSPS) is 13.7. The Morgan fingerprint density at radius 3 is 2.57 bits per heavy atom. The molecule has 0 aliphatic carbocycles. The van der Waals surface area contributed by atoms with Gasteiger partial charge in [-0.3, -0.25) is 4.90 Å². The molecule has 0 amide bonds. The van der Waals surface area contributed by atoms with Gasteiger partial charge in [0.15, 0.2) is 11.6 Å². The Hall–Kier alpha value is -3.82. The summed E-state index contributed by atoms with van der Waals surface area (Å²) < 4.78 is 2.28. The molecule has 0 unspecified atom stereocenters. The lowest BCUT2D eigenvalue weighted by Crippen LogP contribution is -2.41. The van der Waals surface area contributed by atoms with Gasteiger partial charge in [0.1, 0.15) is 5.82 Å². The molecule has 0 fully saturated rings. The second-order valence-corrected chi connectivity index (χ2v) is 9.03. The molecule has 0 radical (unpaired) electrons. The fourth-order valence-corrected chi connectivity index (χ4v) is 4.69. The van der Waals surface area contributed by atoms with Crippen LogP contribution in [0.4, 0.5) is 5.82 Å². The maximum atomic E-state index is 9.28. The summed E-state index contributed by atoms with van der Waals surface area (Å²) in [7, 11) is 2.07. The standard InChI is InChI=1S/C26H30N8O/c1-18(2)25-27-26-23(16-33(13-6-14-35)17-32(26)3)34(25)15-19-9-11-20(12-10-19)21-7-4-5-8-22(21)24-28-30-31-29-24/h4-5,7-12,35H,1,6,13-17H2,2-3H3,(H,28,29,30,31). The number of anilines is 1. The molecule has 1 aliphatic rings. The number of H-pyrrole nitrogens is 1. The number of allylic oxidation sites excluding steroid dienone is 1. The van der Waals surface area contributed by atoms with Gasteiger partial charge in [0.25, 0.3) is 0 Å². The van der Waals surface area contributed by atoms with Gasteiger partial charge in [0.05, 0.1) is 12.4 Å². The van der Waals surface area contributed by atoms with Crippen LogP contribution in [0, 0.1) is 0 Å². The number of rotatable bonds is 8. The van der Waals surface area contributed by atoms with E-state index in [2.05, 4.69) is 78.9 Å². The van der Waals surface area contributed by atoms with Gasteiger partial charge in [-0.15, -0.1) is 5.10 Å². The van der Waals surface area contributed by atoms with Crippen molar-refractivity contribution in [2.24, 2.45) is 0 Å². The molecule has 0 spiro atoms. The molecule has 4 aromatic rings. The zero-order chi connectivity index (χ0) is 24.4. The van der Waals surface area contributed by atoms with Crippen LogP contribution >= 0.6 is 0 Å². The van der Waals surface area contributed by atoms with Gasteiger partial charge in [0, 0.05) is 38.9 Å². The maximum Gasteiger partial charge on any atom is 0.180 e. The van der Waals surface area contributed by atoms with Gasteiger partial charge in [-0.2, -0.15) is 0 Å². The molecular weight excluding hydrogens is 440 g/mol. The monoisotopic (exact) mass is 470 g/mol. The van der Waals surface area contributed by atoms with Crippen LogP contribution < -0.4 is 4.90 Å². The Labute approximate surface area is 204 Å². The summed E-state index contributed by atoms with van der Waals surface area (Å²) in [5.74, 6) is 2.57. The molecule has 2 N–H and O–H groups in total. The number of nitrogens with one attached hydrogen (secondary N) is 1. The molecule has 0 saturated carbocycles. The molecule has 180 valence electrons. The lowest BCUT2D eigenvalue weighted by atomic mass is 9.98. The van der Waals surface area contributed by atoms with Crippen LogP contribution in [0.1, 0.15) is 30.4 Å². The molecule has 0 atom stereocenters. The number of benzene rings is 2. The second kappa shape index (κ2) is 9.81. The molecule has 0 saturated heterocycles. The fourth-order valence-electron chi connectivity index (χ4n) is 4.69. The molecule has 5 rings (SSSR count). The third-order valence-corrected chi connectivity index (χ3v) is 6.35. The first-order valence-corrected chi connectivity index (χ1v) is 11.8. The van der Waals surface area contributed by atoms with E-state index in [0.29, 0.717) is 12.4 Å². The average Bonchev–Trinajstić information content (AvgIpc) is 3.53. The van der Waals surface area contributed by atoms with Crippen LogP contribution in [0.15, 0.2) is 55.1 Å². The van der Waals surface area contributed by atoms with Crippen LogP contribution in [0.3, 0.4) is 0 Å². The van der Waals surface area contributed by atoms with Crippen LogP contribution in [0.25, 0.3) is 28.1 Å². The van der Waals surface area contributed by atoms with E-state index in [9.17, 15) is 5.11 Å².